The van der Waals surface area contributed by atoms with Crippen LogP contribution in [-0.2, 0) is 4.74 Å². The number of halogens is 2. The molecule has 0 aliphatic heterocycles. The van der Waals surface area contributed by atoms with Gasteiger partial charge in [-0.3, -0.25) is 0 Å². The minimum atomic E-state index is -0.411. The van der Waals surface area contributed by atoms with E-state index in [2.05, 4.69) is 0 Å². The van der Waals surface area contributed by atoms with Crippen LogP contribution in [0.2, 0.25) is 0 Å². The van der Waals surface area contributed by atoms with Crippen molar-refractivity contribution in [1.29, 1.82) is 0 Å². The highest BCUT2D eigenvalue weighted by molar-refractivity contribution is 6.17. The van der Waals surface area contributed by atoms with Gasteiger partial charge in [-0.2, -0.15) is 0 Å². The number of alkyl halides is 1. The molecule has 0 aromatic heterocycles. The van der Waals surface area contributed by atoms with Crippen molar-refractivity contribution in [1.82, 2.24) is 0 Å². The van der Waals surface area contributed by atoms with Gasteiger partial charge in [-0.15, -0.1) is 11.6 Å². The Balaban J connectivity index is 2.34. The Morgan fingerprint density at radius 2 is 1.67 bits per heavy atom. The molecule has 0 bridgehead atoms. The molecule has 2 aromatic carbocycles. The molecule has 3 heteroatoms. The van der Waals surface area contributed by atoms with Crippen molar-refractivity contribution >= 4 is 11.6 Å². The molecular weight excluding hydrogens is 251 g/mol. The van der Waals surface area contributed by atoms with E-state index in [1.165, 1.54) is 6.07 Å². The van der Waals surface area contributed by atoms with Gasteiger partial charge in [0.1, 0.15) is 11.9 Å². The van der Waals surface area contributed by atoms with E-state index < -0.39 is 6.10 Å². The quantitative estimate of drug-likeness (QED) is 0.737. The summed E-state index contributed by atoms with van der Waals surface area (Å²) in [5, 5.41) is 0. The highest BCUT2D eigenvalue weighted by Crippen LogP contribution is 2.27. The van der Waals surface area contributed by atoms with E-state index >= 15 is 0 Å². The summed E-state index contributed by atoms with van der Waals surface area (Å²) in [5.41, 5.74) is 1.46. The van der Waals surface area contributed by atoms with E-state index in [4.69, 9.17) is 16.3 Å². The van der Waals surface area contributed by atoms with Crippen LogP contribution >= 0.6 is 11.6 Å². The number of benzene rings is 2. The molecule has 18 heavy (non-hydrogen) atoms. The topological polar surface area (TPSA) is 9.23 Å². The van der Waals surface area contributed by atoms with E-state index in [0.717, 1.165) is 5.56 Å². The molecule has 0 heterocycles. The highest BCUT2D eigenvalue weighted by Gasteiger charge is 2.17. The van der Waals surface area contributed by atoms with Crippen molar-refractivity contribution in [2.75, 3.05) is 12.5 Å². The molecule has 1 unspecified atom stereocenters. The average Bonchev–Trinajstić information content (AvgIpc) is 2.42. The first-order chi connectivity index (χ1) is 8.83. The second-order valence-corrected chi connectivity index (χ2v) is 4.25. The van der Waals surface area contributed by atoms with Gasteiger partial charge in [0.25, 0.3) is 0 Å². The zero-order chi connectivity index (χ0) is 12.8. The minimum Gasteiger partial charge on any atom is -0.367 e. The molecule has 0 radical (unpaired) electrons. The first-order valence-electron chi connectivity index (χ1n) is 5.80. The maximum Gasteiger partial charge on any atom is 0.129 e. The molecule has 0 aliphatic rings. The van der Waals surface area contributed by atoms with Gasteiger partial charge < -0.3 is 4.74 Å². The van der Waals surface area contributed by atoms with Gasteiger partial charge in [-0.1, -0.05) is 48.5 Å². The predicted molar refractivity (Wildman–Crippen MR) is 71.4 cm³/mol. The fourth-order valence-electron chi connectivity index (χ4n) is 1.84. The zero-order valence-electron chi connectivity index (χ0n) is 9.85. The Morgan fingerprint density at radius 3 is 2.33 bits per heavy atom. The summed E-state index contributed by atoms with van der Waals surface area (Å²) in [6, 6.07) is 16.2. The lowest BCUT2D eigenvalue weighted by atomic mass is 10.0. The minimum absolute atomic E-state index is 0.263. The molecule has 0 N–H and O–H groups in total. The Morgan fingerprint density at radius 1 is 1.00 bits per heavy atom. The fraction of sp³-hybridized carbons (Fsp3) is 0.200. The van der Waals surface area contributed by atoms with Crippen molar-refractivity contribution in [3.63, 3.8) is 0 Å². The summed E-state index contributed by atoms with van der Waals surface area (Å²) >= 11 is 5.64. The van der Waals surface area contributed by atoms with Gasteiger partial charge in [0, 0.05) is 11.4 Å². The third-order valence-electron chi connectivity index (χ3n) is 2.65. The number of hydrogen-bond donors (Lipinski definition) is 0. The summed E-state index contributed by atoms with van der Waals surface area (Å²) in [6.07, 6.45) is -0.411. The van der Waals surface area contributed by atoms with E-state index in [9.17, 15) is 4.39 Å². The normalized spacial score (nSPS) is 12.3. The summed E-state index contributed by atoms with van der Waals surface area (Å²) in [6.45, 7) is 0.384. The molecule has 0 spiro atoms. The smallest absolute Gasteiger partial charge is 0.129 e. The van der Waals surface area contributed by atoms with E-state index in [-0.39, 0.29) is 5.82 Å². The van der Waals surface area contributed by atoms with Crippen molar-refractivity contribution in [3.8, 4) is 0 Å². The summed E-state index contributed by atoms with van der Waals surface area (Å²) in [4.78, 5) is 0. The SMILES string of the molecule is Fc1ccccc1C(OCCCl)c1ccccc1. The number of hydrogen-bond acceptors (Lipinski definition) is 1. The van der Waals surface area contributed by atoms with Crippen LogP contribution < -0.4 is 0 Å². The summed E-state index contributed by atoms with van der Waals surface area (Å²) in [7, 11) is 0. The predicted octanol–water partition coefficient (Wildman–Crippen LogP) is 4.17. The standard InChI is InChI=1S/C15H14ClFO/c16-10-11-18-15(12-6-2-1-3-7-12)13-8-4-5-9-14(13)17/h1-9,15H,10-11H2. The lowest BCUT2D eigenvalue weighted by molar-refractivity contribution is 0.0902. The van der Waals surface area contributed by atoms with Crippen LogP contribution in [0.4, 0.5) is 4.39 Å². The van der Waals surface area contributed by atoms with Crippen molar-refractivity contribution in [3.05, 3.63) is 71.5 Å². The number of ether oxygens (including phenoxy) is 1. The largest absolute Gasteiger partial charge is 0.367 e. The van der Waals surface area contributed by atoms with Crippen LogP contribution in [0.15, 0.2) is 54.6 Å². The van der Waals surface area contributed by atoms with E-state index in [1.54, 1.807) is 18.2 Å². The summed E-state index contributed by atoms with van der Waals surface area (Å²) < 4.78 is 19.5. The van der Waals surface area contributed by atoms with Crippen molar-refractivity contribution in [2.45, 2.75) is 6.10 Å². The van der Waals surface area contributed by atoms with Gasteiger partial charge in [0.05, 0.1) is 6.61 Å². The number of rotatable bonds is 5. The first kappa shape index (κ1) is 13.1. The zero-order valence-corrected chi connectivity index (χ0v) is 10.6. The molecule has 94 valence electrons. The lowest BCUT2D eigenvalue weighted by Gasteiger charge is -2.18. The van der Waals surface area contributed by atoms with Gasteiger partial charge in [-0.25, -0.2) is 4.39 Å². The fourth-order valence-corrected chi connectivity index (χ4v) is 1.93. The van der Waals surface area contributed by atoms with Crippen LogP contribution in [0.1, 0.15) is 17.2 Å². The summed E-state index contributed by atoms with van der Waals surface area (Å²) in [5.74, 6) is 0.124. The highest BCUT2D eigenvalue weighted by atomic mass is 35.5. The average molecular weight is 265 g/mol. The van der Waals surface area contributed by atoms with E-state index in [1.807, 2.05) is 30.3 Å². The second kappa shape index (κ2) is 6.53. The lowest BCUT2D eigenvalue weighted by Crippen LogP contribution is -2.09. The molecule has 1 nitrogen and oxygen atoms in total. The molecular formula is C15H14ClFO. The van der Waals surface area contributed by atoms with Crippen LogP contribution in [0.5, 0.6) is 0 Å². The molecule has 0 amide bonds. The van der Waals surface area contributed by atoms with Gasteiger partial charge in [0.15, 0.2) is 0 Å². The molecule has 2 aromatic rings. The molecule has 1 atom stereocenters. The van der Waals surface area contributed by atoms with Gasteiger partial charge >= 0.3 is 0 Å². The molecule has 0 saturated heterocycles. The molecule has 0 saturated carbocycles. The molecule has 0 fully saturated rings. The Hall–Kier alpha value is -1.38. The Kier molecular flexibility index (Phi) is 4.73. The monoisotopic (exact) mass is 264 g/mol. The molecule has 0 aliphatic carbocycles. The first-order valence-corrected chi connectivity index (χ1v) is 6.33. The van der Waals surface area contributed by atoms with Crippen LogP contribution in [0.3, 0.4) is 0 Å². The van der Waals surface area contributed by atoms with Crippen LogP contribution in [0.25, 0.3) is 0 Å². The maximum absolute atomic E-state index is 13.8. The Bertz CT molecular complexity index is 487. The Labute approximate surface area is 111 Å². The van der Waals surface area contributed by atoms with E-state index in [0.29, 0.717) is 18.1 Å². The van der Waals surface area contributed by atoms with Crippen LogP contribution in [-0.4, -0.2) is 12.5 Å². The maximum atomic E-state index is 13.8. The van der Waals surface area contributed by atoms with Crippen molar-refractivity contribution in [2.24, 2.45) is 0 Å². The van der Waals surface area contributed by atoms with Gasteiger partial charge in [0.2, 0.25) is 0 Å². The van der Waals surface area contributed by atoms with Crippen molar-refractivity contribution < 1.29 is 9.13 Å². The third kappa shape index (κ3) is 3.09. The molecule has 2 rings (SSSR count). The van der Waals surface area contributed by atoms with Gasteiger partial charge in [-0.05, 0) is 11.6 Å². The second-order valence-electron chi connectivity index (χ2n) is 3.87. The third-order valence-corrected chi connectivity index (χ3v) is 2.81. The van der Waals surface area contributed by atoms with Crippen LogP contribution in [0, 0.1) is 5.82 Å².